The van der Waals surface area contributed by atoms with E-state index in [9.17, 15) is 9.59 Å². The molecule has 3 aromatic rings. The fraction of sp³-hybridized carbons (Fsp3) is 0. The van der Waals surface area contributed by atoms with Gasteiger partial charge in [-0.15, -0.1) is 0 Å². The highest BCUT2D eigenvalue weighted by Gasteiger charge is 2.11. The number of carbonyl (C=O) groups excluding carboxylic acids is 2. The third-order valence-corrected chi connectivity index (χ3v) is 2.73. The maximum Gasteiger partial charge on any atom is 0.291 e. The van der Waals surface area contributed by atoms with Crippen LogP contribution in [0, 0.1) is 0 Å². The molecule has 10 nitrogen and oxygen atoms in total. The number of carbonyl (C=O) groups is 2. The zero-order valence-corrected chi connectivity index (χ0v) is 11.1. The Labute approximate surface area is 123 Å². The van der Waals surface area contributed by atoms with Gasteiger partial charge in [-0.2, -0.15) is 20.5 Å². The highest BCUT2D eigenvalue weighted by atomic mass is 16.2. The third kappa shape index (κ3) is 2.80. The van der Waals surface area contributed by atoms with Crippen molar-refractivity contribution in [1.29, 1.82) is 0 Å². The maximum atomic E-state index is 12.0. The number of aromatic amines is 1. The van der Waals surface area contributed by atoms with Gasteiger partial charge in [0.05, 0.1) is 11.9 Å². The van der Waals surface area contributed by atoms with Gasteiger partial charge in [0.1, 0.15) is 12.7 Å². The topological polar surface area (TPSA) is 130 Å². The van der Waals surface area contributed by atoms with Gasteiger partial charge in [-0.1, -0.05) is 6.07 Å². The Balaban J connectivity index is 1.68. The summed E-state index contributed by atoms with van der Waals surface area (Å²) in [6.45, 7) is 0. The molecule has 0 aliphatic rings. The molecule has 0 unspecified atom stereocenters. The standard InChI is InChI=1S/C12H10N8O2/c21-11(17-18-12(22)10-5-14-19-16-10)8-2-1-3-9(4-8)20-7-13-6-15-20/h1-7H,(H,17,21)(H,18,22)(H,14,16,19). The largest absolute Gasteiger partial charge is 0.291 e. The number of aromatic nitrogens is 6. The summed E-state index contributed by atoms with van der Waals surface area (Å²) in [5.74, 6) is -1.05. The van der Waals surface area contributed by atoms with Gasteiger partial charge < -0.3 is 0 Å². The molecule has 0 bridgehead atoms. The average Bonchev–Trinajstić information content (AvgIpc) is 3.25. The number of hydrogen-bond donors (Lipinski definition) is 3. The summed E-state index contributed by atoms with van der Waals surface area (Å²) in [5.41, 5.74) is 5.63. The van der Waals surface area contributed by atoms with E-state index in [1.54, 1.807) is 24.3 Å². The molecule has 0 fully saturated rings. The van der Waals surface area contributed by atoms with Crippen molar-refractivity contribution in [2.75, 3.05) is 0 Å². The Morgan fingerprint density at radius 1 is 1.18 bits per heavy atom. The first-order valence-corrected chi connectivity index (χ1v) is 6.15. The molecule has 3 N–H and O–H groups in total. The minimum absolute atomic E-state index is 0.0664. The SMILES string of the molecule is O=C(NNC(=O)c1cn[nH]n1)c1cccc(-n2cncn2)c1. The molecule has 0 atom stereocenters. The second-order valence-corrected chi connectivity index (χ2v) is 4.15. The van der Waals surface area contributed by atoms with Gasteiger partial charge >= 0.3 is 0 Å². The molecule has 0 radical (unpaired) electrons. The molecule has 2 amide bonds. The van der Waals surface area contributed by atoms with E-state index in [-0.39, 0.29) is 5.69 Å². The van der Waals surface area contributed by atoms with Gasteiger partial charge in [0.15, 0.2) is 5.69 Å². The van der Waals surface area contributed by atoms with Crippen molar-refractivity contribution in [3.8, 4) is 5.69 Å². The summed E-state index contributed by atoms with van der Waals surface area (Å²) in [6, 6.07) is 6.70. The van der Waals surface area contributed by atoms with Crippen LogP contribution in [0.3, 0.4) is 0 Å². The number of nitrogens with one attached hydrogen (secondary N) is 3. The quantitative estimate of drug-likeness (QED) is 0.557. The molecular weight excluding hydrogens is 288 g/mol. The molecule has 0 saturated carbocycles. The number of amides is 2. The normalized spacial score (nSPS) is 10.2. The molecular formula is C12H10N8O2. The minimum atomic E-state index is -0.575. The third-order valence-electron chi connectivity index (χ3n) is 2.73. The summed E-state index contributed by atoms with van der Waals surface area (Å²) < 4.78 is 1.52. The molecule has 1 aromatic carbocycles. The van der Waals surface area contributed by atoms with Crippen LogP contribution < -0.4 is 10.9 Å². The van der Waals surface area contributed by atoms with E-state index >= 15 is 0 Å². The summed E-state index contributed by atoms with van der Waals surface area (Å²) in [5, 5.41) is 13.4. The summed E-state index contributed by atoms with van der Waals surface area (Å²) in [6.07, 6.45) is 4.15. The smallest absolute Gasteiger partial charge is 0.267 e. The summed E-state index contributed by atoms with van der Waals surface area (Å²) in [4.78, 5) is 27.5. The second kappa shape index (κ2) is 5.83. The lowest BCUT2D eigenvalue weighted by Crippen LogP contribution is -2.41. The van der Waals surface area contributed by atoms with E-state index in [2.05, 4.69) is 36.3 Å². The average molecular weight is 298 g/mol. The molecule has 22 heavy (non-hydrogen) atoms. The zero-order valence-electron chi connectivity index (χ0n) is 11.1. The molecule has 3 rings (SSSR count). The van der Waals surface area contributed by atoms with Gasteiger partial charge in [0.2, 0.25) is 0 Å². The Kier molecular flexibility index (Phi) is 3.56. The van der Waals surface area contributed by atoms with Crippen LogP contribution in [0.5, 0.6) is 0 Å². The molecule has 110 valence electrons. The Morgan fingerprint density at radius 3 is 2.77 bits per heavy atom. The first-order valence-electron chi connectivity index (χ1n) is 6.15. The predicted molar refractivity (Wildman–Crippen MR) is 72.7 cm³/mol. The molecule has 10 heteroatoms. The highest BCUT2D eigenvalue weighted by Crippen LogP contribution is 2.08. The highest BCUT2D eigenvalue weighted by molar-refractivity contribution is 5.98. The van der Waals surface area contributed by atoms with Crippen molar-refractivity contribution in [3.63, 3.8) is 0 Å². The zero-order chi connectivity index (χ0) is 15.4. The van der Waals surface area contributed by atoms with Crippen LogP contribution in [-0.4, -0.2) is 42.0 Å². The van der Waals surface area contributed by atoms with Crippen LogP contribution in [0.2, 0.25) is 0 Å². The van der Waals surface area contributed by atoms with E-state index in [0.717, 1.165) is 0 Å². The van der Waals surface area contributed by atoms with Crippen molar-refractivity contribution in [3.05, 3.63) is 54.4 Å². The van der Waals surface area contributed by atoms with Crippen LogP contribution in [0.1, 0.15) is 20.8 Å². The molecule has 0 spiro atoms. The first-order chi connectivity index (χ1) is 10.7. The predicted octanol–water partition coefficient (Wildman–Crippen LogP) is -0.540. The van der Waals surface area contributed by atoms with E-state index < -0.39 is 11.8 Å². The van der Waals surface area contributed by atoms with Gasteiger partial charge in [-0.05, 0) is 18.2 Å². The Morgan fingerprint density at radius 2 is 2.05 bits per heavy atom. The fourth-order valence-electron chi connectivity index (χ4n) is 1.69. The van der Waals surface area contributed by atoms with Gasteiger partial charge in [-0.25, -0.2) is 9.67 Å². The molecule has 0 aliphatic heterocycles. The van der Waals surface area contributed by atoms with Crippen LogP contribution in [-0.2, 0) is 0 Å². The van der Waals surface area contributed by atoms with Crippen LogP contribution >= 0.6 is 0 Å². The van der Waals surface area contributed by atoms with E-state index in [1.807, 2.05) is 0 Å². The van der Waals surface area contributed by atoms with Crippen LogP contribution in [0.25, 0.3) is 5.69 Å². The number of nitrogens with zero attached hydrogens (tertiary/aromatic N) is 5. The lowest BCUT2D eigenvalue weighted by molar-refractivity contribution is 0.0844. The van der Waals surface area contributed by atoms with Crippen LogP contribution in [0.15, 0.2) is 43.1 Å². The van der Waals surface area contributed by atoms with Gasteiger partial charge in [-0.3, -0.25) is 20.4 Å². The summed E-state index contributed by atoms with van der Waals surface area (Å²) >= 11 is 0. The number of hydrogen-bond acceptors (Lipinski definition) is 6. The number of benzene rings is 1. The Bertz CT molecular complexity index is 781. The van der Waals surface area contributed by atoms with Crippen LogP contribution in [0.4, 0.5) is 0 Å². The monoisotopic (exact) mass is 298 g/mol. The number of rotatable bonds is 3. The van der Waals surface area contributed by atoms with Gasteiger partial charge in [0, 0.05) is 5.56 Å². The van der Waals surface area contributed by atoms with Crippen molar-refractivity contribution >= 4 is 11.8 Å². The second-order valence-electron chi connectivity index (χ2n) is 4.15. The fourth-order valence-corrected chi connectivity index (χ4v) is 1.69. The van der Waals surface area contributed by atoms with Crippen molar-refractivity contribution < 1.29 is 9.59 Å². The van der Waals surface area contributed by atoms with E-state index in [4.69, 9.17) is 0 Å². The first kappa shape index (κ1) is 13.4. The number of hydrazine groups is 1. The number of H-pyrrole nitrogens is 1. The molecule has 0 aliphatic carbocycles. The minimum Gasteiger partial charge on any atom is -0.267 e. The van der Waals surface area contributed by atoms with Gasteiger partial charge in [0.25, 0.3) is 11.8 Å². The lowest BCUT2D eigenvalue weighted by Gasteiger charge is -2.07. The van der Waals surface area contributed by atoms with E-state index in [0.29, 0.717) is 11.3 Å². The van der Waals surface area contributed by atoms with Crippen molar-refractivity contribution in [1.82, 2.24) is 41.0 Å². The molecule has 0 saturated heterocycles. The van der Waals surface area contributed by atoms with Crippen molar-refractivity contribution in [2.45, 2.75) is 0 Å². The Hall–Kier alpha value is -3.56. The molecule has 2 heterocycles. The lowest BCUT2D eigenvalue weighted by atomic mass is 10.2. The summed E-state index contributed by atoms with van der Waals surface area (Å²) in [7, 11) is 0. The van der Waals surface area contributed by atoms with E-state index in [1.165, 1.54) is 23.5 Å². The maximum absolute atomic E-state index is 12.0. The molecule has 2 aromatic heterocycles. The van der Waals surface area contributed by atoms with Crippen molar-refractivity contribution in [2.24, 2.45) is 0 Å².